The molecule has 8 aromatic rings. The summed E-state index contributed by atoms with van der Waals surface area (Å²) in [7, 11) is 0. The van der Waals surface area contributed by atoms with Crippen LogP contribution >= 0.6 is 11.3 Å². The van der Waals surface area contributed by atoms with Crippen molar-refractivity contribution in [3.8, 4) is 16.8 Å². The minimum atomic E-state index is 0.842. The van der Waals surface area contributed by atoms with E-state index in [1.165, 1.54) is 81.0 Å². The van der Waals surface area contributed by atoms with Crippen molar-refractivity contribution in [2.45, 2.75) is 19.5 Å². The lowest BCUT2D eigenvalue weighted by Gasteiger charge is -2.13. The minimum Gasteiger partial charge on any atom is -0.309 e. The van der Waals surface area contributed by atoms with E-state index in [0.717, 1.165) is 19.5 Å². The van der Waals surface area contributed by atoms with Crippen molar-refractivity contribution >= 4 is 53.3 Å². The second-order valence-electron chi connectivity index (χ2n) is 11.3. The van der Waals surface area contributed by atoms with Gasteiger partial charge in [0.05, 0.1) is 11.0 Å². The predicted octanol–water partition coefficient (Wildman–Crippen LogP) is 10.0. The molecule has 0 unspecified atom stereocenters. The second kappa shape index (κ2) is 9.42. The molecule has 3 heteroatoms. The Morgan fingerprint density at radius 3 is 2.17 bits per heavy atom. The van der Waals surface area contributed by atoms with Gasteiger partial charge in [0.15, 0.2) is 0 Å². The summed E-state index contributed by atoms with van der Waals surface area (Å²) in [6.07, 6.45) is 0.962. The maximum atomic E-state index is 3.60. The molecule has 200 valence electrons. The summed E-state index contributed by atoms with van der Waals surface area (Å²) in [5.41, 5.74) is 12.1. The fourth-order valence-corrected chi connectivity index (χ4v) is 8.34. The number of aromatic nitrogens is 1. The van der Waals surface area contributed by atoms with E-state index >= 15 is 0 Å². The molecule has 0 radical (unpaired) electrons. The molecule has 1 aliphatic rings. The highest BCUT2D eigenvalue weighted by Crippen LogP contribution is 2.53. The molecule has 9 rings (SSSR count). The second-order valence-corrected chi connectivity index (χ2v) is 12.4. The van der Waals surface area contributed by atoms with Crippen LogP contribution in [-0.2, 0) is 19.5 Å². The van der Waals surface area contributed by atoms with E-state index in [-0.39, 0.29) is 0 Å². The molecule has 1 aliphatic carbocycles. The first-order valence-corrected chi connectivity index (χ1v) is 15.5. The molecule has 2 heterocycles. The predicted molar refractivity (Wildman–Crippen MR) is 179 cm³/mol. The normalized spacial score (nSPS) is 12.5. The van der Waals surface area contributed by atoms with Crippen LogP contribution in [0.5, 0.6) is 0 Å². The van der Waals surface area contributed by atoms with Crippen LogP contribution in [0.4, 0.5) is 0 Å². The Morgan fingerprint density at radius 2 is 1.31 bits per heavy atom. The van der Waals surface area contributed by atoms with Gasteiger partial charge in [-0.25, -0.2) is 0 Å². The lowest BCUT2D eigenvalue weighted by Crippen LogP contribution is -2.12. The Hall–Kier alpha value is -4.70. The zero-order valence-corrected chi connectivity index (χ0v) is 23.9. The number of benzene rings is 6. The molecule has 6 aromatic carbocycles. The van der Waals surface area contributed by atoms with Crippen LogP contribution in [-0.4, -0.2) is 4.57 Å². The third kappa shape index (κ3) is 3.54. The number of hydrogen-bond acceptors (Lipinski definition) is 2. The summed E-state index contributed by atoms with van der Waals surface area (Å²) in [6, 6.07) is 46.7. The molecule has 0 amide bonds. The molecule has 0 atom stereocenters. The van der Waals surface area contributed by atoms with E-state index in [0.29, 0.717) is 0 Å². The Bertz CT molecular complexity index is 2290. The van der Waals surface area contributed by atoms with E-state index in [2.05, 4.69) is 137 Å². The van der Waals surface area contributed by atoms with Crippen molar-refractivity contribution < 1.29 is 0 Å². The van der Waals surface area contributed by atoms with Crippen LogP contribution in [0.2, 0.25) is 0 Å². The van der Waals surface area contributed by atoms with Crippen molar-refractivity contribution in [2.24, 2.45) is 0 Å². The van der Waals surface area contributed by atoms with E-state index in [9.17, 15) is 0 Å². The van der Waals surface area contributed by atoms with Crippen LogP contribution < -0.4 is 5.32 Å². The molecular formula is C39H28N2S. The van der Waals surface area contributed by atoms with Gasteiger partial charge in [-0.15, -0.1) is 11.3 Å². The van der Waals surface area contributed by atoms with Gasteiger partial charge in [0.1, 0.15) is 0 Å². The quantitative estimate of drug-likeness (QED) is 0.223. The van der Waals surface area contributed by atoms with Crippen LogP contribution in [0, 0.1) is 0 Å². The van der Waals surface area contributed by atoms with Crippen molar-refractivity contribution in [1.82, 2.24) is 9.88 Å². The van der Waals surface area contributed by atoms with Gasteiger partial charge in [-0.3, -0.25) is 0 Å². The van der Waals surface area contributed by atoms with E-state index in [4.69, 9.17) is 0 Å². The number of rotatable bonds is 5. The van der Waals surface area contributed by atoms with Crippen molar-refractivity contribution in [3.05, 3.63) is 150 Å². The maximum Gasteiger partial charge on any atom is 0.0589 e. The molecule has 0 spiro atoms. The highest BCUT2D eigenvalue weighted by Gasteiger charge is 2.29. The average molecular weight is 557 g/mol. The molecule has 0 fully saturated rings. The number of nitrogens with zero attached hydrogens (tertiary/aromatic N) is 1. The SMILES string of the molecule is c1ccc(CNCc2ccc(-n3c4ccccc4c4c5c(sc6ccccc65)c5c(c43)Cc3ccccc3-5)cc2)cc1. The number of nitrogens with one attached hydrogen (secondary N) is 1. The topological polar surface area (TPSA) is 17.0 Å². The summed E-state index contributed by atoms with van der Waals surface area (Å²) in [4.78, 5) is 0. The highest BCUT2D eigenvalue weighted by atomic mass is 32.1. The standard InChI is InChI=1S/C39H28N2S/c1-2-10-25(11-3-1)23-40-24-26-18-20-28(21-19-26)41-33-16-8-6-14-30(33)36-37-31-15-7-9-17-34(31)42-39(37)35-29-13-5-4-12-27(29)22-32(35)38(36)41/h1-21,40H,22-24H2. The Balaban J connectivity index is 1.27. The number of para-hydroxylation sites is 1. The molecule has 0 saturated carbocycles. The zero-order chi connectivity index (χ0) is 27.6. The van der Waals surface area contributed by atoms with Gasteiger partial charge in [-0.1, -0.05) is 103 Å². The number of thiophene rings is 1. The zero-order valence-electron chi connectivity index (χ0n) is 23.1. The molecular weight excluding hydrogens is 529 g/mol. The van der Waals surface area contributed by atoms with Gasteiger partial charge >= 0.3 is 0 Å². The molecule has 2 aromatic heterocycles. The summed E-state index contributed by atoms with van der Waals surface area (Å²) >= 11 is 1.95. The first kappa shape index (κ1) is 24.0. The smallest absolute Gasteiger partial charge is 0.0589 e. The lowest BCUT2D eigenvalue weighted by molar-refractivity contribution is 0.693. The van der Waals surface area contributed by atoms with Crippen molar-refractivity contribution in [2.75, 3.05) is 0 Å². The van der Waals surface area contributed by atoms with E-state index < -0.39 is 0 Å². The lowest BCUT2D eigenvalue weighted by atomic mass is 9.97. The number of fused-ring (bicyclic) bond motifs is 12. The average Bonchev–Trinajstić information content (AvgIpc) is 3.72. The Labute approximate surface area is 248 Å². The van der Waals surface area contributed by atoms with Crippen LogP contribution in [0.15, 0.2) is 127 Å². The maximum absolute atomic E-state index is 3.60. The summed E-state index contributed by atoms with van der Waals surface area (Å²) in [6.45, 7) is 1.71. The number of hydrogen-bond donors (Lipinski definition) is 1. The fraction of sp³-hybridized carbons (Fsp3) is 0.0769. The third-order valence-electron chi connectivity index (χ3n) is 8.88. The first-order chi connectivity index (χ1) is 20.8. The Morgan fingerprint density at radius 1 is 0.619 bits per heavy atom. The van der Waals surface area contributed by atoms with Crippen LogP contribution in [0.3, 0.4) is 0 Å². The third-order valence-corrected chi connectivity index (χ3v) is 10.1. The molecule has 42 heavy (non-hydrogen) atoms. The summed E-state index contributed by atoms with van der Waals surface area (Å²) < 4.78 is 5.31. The molecule has 0 aliphatic heterocycles. The summed E-state index contributed by atoms with van der Waals surface area (Å²) in [5, 5.41) is 9.08. The van der Waals surface area contributed by atoms with E-state index in [1.54, 1.807) is 0 Å². The van der Waals surface area contributed by atoms with Gasteiger partial charge < -0.3 is 9.88 Å². The van der Waals surface area contributed by atoms with Gasteiger partial charge in [0, 0.05) is 61.7 Å². The first-order valence-electron chi connectivity index (χ1n) is 14.7. The Kier molecular flexibility index (Phi) is 5.37. The van der Waals surface area contributed by atoms with Crippen molar-refractivity contribution in [1.29, 1.82) is 0 Å². The van der Waals surface area contributed by atoms with Gasteiger partial charge in [0.2, 0.25) is 0 Å². The van der Waals surface area contributed by atoms with Gasteiger partial charge in [-0.05, 0) is 52.1 Å². The monoisotopic (exact) mass is 556 g/mol. The summed E-state index contributed by atoms with van der Waals surface area (Å²) in [5.74, 6) is 0. The van der Waals surface area contributed by atoms with Gasteiger partial charge in [-0.2, -0.15) is 0 Å². The van der Waals surface area contributed by atoms with Crippen LogP contribution in [0.1, 0.15) is 22.3 Å². The minimum absolute atomic E-state index is 0.842. The van der Waals surface area contributed by atoms with Crippen molar-refractivity contribution in [3.63, 3.8) is 0 Å². The molecule has 0 bridgehead atoms. The molecule has 2 nitrogen and oxygen atoms in total. The van der Waals surface area contributed by atoms with E-state index in [1.807, 2.05) is 11.3 Å². The largest absolute Gasteiger partial charge is 0.309 e. The fourth-order valence-electron chi connectivity index (χ4n) is 7.05. The molecule has 0 saturated heterocycles. The molecule has 1 N–H and O–H groups in total. The van der Waals surface area contributed by atoms with Gasteiger partial charge in [0.25, 0.3) is 0 Å². The van der Waals surface area contributed by atoms with Crippen LogP contribution in [0.25, 0.3) is 58.8 Å². The highest BCUT2D eigenvalue weighted by molar-refractivity contribution is 7.26.